The number of hydrogen-bond acceptors (Lipinski definition) is 2. The van der Waals surface area contributed by atoms with E-state index < -0.39 is 11.1 Å². The van der Waals surface area contributed by atoms with Crippen molar-refractivity contribution >= 4 is 28.6 Å². The fourth-order valence-corrected chi connectivity index (χ4v) is 1.36. The van der Waals surface area contributed by atoms with Crippen LogP contribution in [-0.2, 0) is 0 Å². The van der Waals surface area contributed by atoms with Crippen LogP contribution in [0.2, 0.25) is 0 Å². The topological polar surface area (TPSA) is 17.1 Å². The van der Waals surface area contributed by atoms with Gasteiger partial charge in [0.05, 0.1) is 5.56 Å². The molecule has 0 radical (unpaired) electrons. The molecule has 0 fully saturated rings. The van der Waals surface area contributed by atoms with E-state index in [9.17, 15) is 9.18 Å². The maximum absolute atomic E-state index is 13.0. The van der Waals surface area contributed by atoms with Gasteiger partial charge < -0.3 is 0 Å². The predicted molar refractivity (Wildman–Crippen MR) is 48.4 cm³/mol. The molecular formula is C8H6ClFOS. The Kier molecular flexibility index (Phi) is 3.12. The first-order valence-electron chi connectivity index (χ1n) is 3.18. The third kappa shape index (κ3) is 1.99. The Morgan fingerprint density at radius 2 is 2.25 bits per heavy atom. The van der Waals surface area contributed by atoms with E-state index in [1.165, 1.54) is 23.9 Å². The second-order valence-corrected chi connectivity index (χ2v) is 3.34. The molecule has 0 bridgehead atoms. The number of benzene rings is 1. The van der Waals surface area contributed by atoms with Crippen LogP contribution in [0.1, 0.15) is 10.4 Å². The second kappa shape index (κ2) is 3.92. The van der Waals surface area contributed by atoms with Gasteiger partial charge in [0.25, 0.3) is 5.24 Å². The summed E-state index contributed by atoms with van der Waals surface area (Å²) < 4.78 is 13.0. The summed E-state index contributed by atoms with van der Waals surface area (Å²) in [6.45, 7) is 0. The van der Waals surface area contributed by atoms with Gasteiger partial charge in [0.1, 0.15) is 5.82 Å². The third-order valence-electron chi connectivity index (χ3n) is 1.39. The second-order valence-electron chi connectivity index (χ2n) is 2.12. The number of carbonyl (C=O) groups is 1. The Balaban J connectivity index is 3.12. The highest BCUT2D eigenvalue weighted by Gasteiger charge is 2.08. The lowest BCUT2D eigenvalue weighted by Crippen LogP contribution is -1.93. The predicted octanol–water partition coefficient (Wildman–Crippen LogP) is 2.93. The number of halogens is 2. The molecule has 0 aliphatic carbocycles. The molecule has 0 unspecified atom stereocenters. The highest BCUT2D eigenvalue weighted by Crippen LogP contribution is 2.19. The molecule has 4 heteroatoms. The summed E-state index contributed by atoms with van der Waals surface area (Å²) in [7, 11) is 0. The van der Waals surface area contributed by atoms with Crippen molar-refractivity contribution in [2.75, 3.05) is 6.26 Å². The Bertz CT molecular complexity index is 314. The zero-order chi connectivity index (χ0) is 9.14. The highest BCUT2D eigenvalue weighted by atomic mass is 35.5. The maximum atomic E-state index is 13.0. The standard InChI is InChI=1S/C8H6ClFOS/c1-12-5-2-3-6(8(9)11)7(10)4-5/h2-4H,1H3. The molecule has 0 aromatic heterocycles. The van der Waals surface area contributed by atoms with E-state index in [2.05, 4.69) is 0 Å². The molecule has 0 saturated heterocycles. The van der Waals surface area contributed by atoms with Crippen LogP contribution < -0.4 is 0 Å². The van der Waals surface area contributed by atoms with E-state index >= 15 is 0 Å². The van der Waals surface area contributed by atoms with Gasteiger partial charge in [-0.05, 0) is 36.1 Å². The van der Waals surface area contributed by atoms with Crippen LogP contribution in [0.3, 0.4) is 0 Å². The van der Waals surface area contributed by atoms with E-state index in [0.29, 0.717) is 0 Å². The SMILES string of the molecule is CSc1ccc(C(=O)Cl)c(F)c1. The van der Waals surface area contributed by atoms with Crippen molar-refractivity contribution in [1.29, 1.82) is 0 Å². The Hall–Kier alpha value is -0.540. The molecule has 0 saturated carbocycles. The Labute approximate surface area is 78.9 Å². The van der Waals surface area contributed by atoms with Gasteiger partial charge in [-0.2, -0.15) is 0 Å². The largest absolute Gasteiger partial charge is 0.275 e. The van der Waals surface area contributed by atoms with Gasteiger partial charge in [0.15, 0.2) is 0 Å². The van der Waals surface area contributed by atoms with Crippen LogP contribution >= 0.6 is 23.4 Å². The molecule has 12 heavy (non-hydrogen) atoms. The monoisotopic (exact) mass is 204 g/mol. The van der Waals surface area contributed by atoms with Crippen LogP contribution in [0.25, 0.3) is 0 Å². The molecule has 0 heterocycles. The molecule has 1 aromatic carbocycles. The van der Waals surface area contributed by atoms with Crippen molar-refractivity contribution in [1.82, 2.24) is 0 Å². The lowest BCUT2D eigenvalue weighted by atomic mass is 10.2. The minimum Gasteiger partial charge on any atom is -0.275 e. The van der Waals surface area contributed by atoms with Crippen LogP contribution in [0, 0.1) is 5.82 Å². The van der Waals surface area contributed by atoms with E-state index in [1.807, 2.05) is 6.26 Å². The number of carbonyl (C=O) groups excluding carboxylic acids is 1. The fraction of sp³-hybridized carbons (Fsp3) is 0.125. The van der Waals surface area contributed by atoms with Crippen molar-refractivity contribution in [3.05, 3.63) is 29.6 Å². The van der Waals surface area contributed by atoms with Gasteiger partial charge in [0, 0.05) is 4.90 Å². The molecule has 1 rings (SSSR count). The van der Waals surface area contributed by atoms with E-state index in [-0.39, 0.29) is 5.56 Å². The molecule has 1 aromatic rings. The quantitative estimate of drug-likeness (QED) is 0.544. The zero-order valence-corrected chi connectivity index (χ0v) is 7.88. The average Bonchev–Trinajstić information content (AvgIpc) is 2.03. The molecule has 0 spiro atoms. The van der Waals surface area contributed by atoms with Gasteiger partial charge in [-0.3, -0.25) is 4.79 Å². The average molecular weight is 205 g/mol. The summed E-state index contributed by atoms with van der Waals surface area (Å²) in [5.41, 5.74) is -0.0746. The minimum absolute atomic E-state index is 0.0746. The number of rotatable bonds is 2. The minimum atomic E-state index is -0.764. The van der Waals surface area contributed by atoms with Crippen molar-refractivity contribution in [3.8, 4) is 0 Å². The van der Waals surface area contributed by atoms with Crippen LogP contribution in [0.5, 0.6) is 0 Å². The summed E-state index contributed by atoms with van der Waals surface area (Å²) in [6, 6.07) is 4.33. The normalized spacial score (nSPS) is 9.92. The third-order valence-corrected chi connectivity index (χ3v) is 2.32. The molecule has 64 valence electrons. The summed E-state index contributed by atoms with van der Waals surface area (Å²) in [5, 5.41) is -0.764. The molecule has 0 N–H and O–H groups in total. The van der Waals surface area contributed by atoms with Crippen LogP contribution in [-0.4, -0.2) is 11.5 Å². The van der Waals surface area contributed by atoms with Gasteiger partial charge in [0.2, 0.25) is 0 Å². The summed E-state index contributed by atoms with van der Waals surface area (Å²) in [6.07, 6.45) is 1.83. The van der Waals surface area contributed by atoms with Gasteiger partial charge >= 0.3 is 0 Å². The van der Waals surface area contributed by atoms with Crippen molar-refractivity contribution in [2.45, 2.75) is 4.90 Å². The van der Waals surface area contributed by atoms with E-state index in [1.54, 1.807) is 6.07 Å². The first-order chi connectivity index (χ1) is 5.65. The number of hydrogen-bond donors (Lipinski definition) is 0. The lowest BCUT2D eigenvalue weighted by Gasteiger charge is -1.98. The molecule has 0 amide bonds. The Morgan fingerprint density at radius 1 is 1.58 bits per heavy atom. The first-order valence-corrected chi connectivity index (χ1v) is 4.79. The van der Waals surface area contributed by atoms with E-state index in [4.69, 9.17) is 11.6 Å². The Morgan fingerprint density at radius 3 is 2.67 bits per heavy atom. The molecule has 0 aliphatic rings. The van der Waals surface area contributed by atoms with E-state index in [0.717, 1.165) is 4.90 Å². The van der Waals surface area contributed by atoms with Crippen molar-refractivity contribution in [2.24, 2.45) is 0 Å². The molecule has 0 atom stereocenters. The zero-order valence-electron chi connectivity index (χ0n) is 6.30. The number of thioether (sulfide) groups is 1. The highest BCUT2D eigenvalue weighted by molar-refractivity contribution is 7.98. The smallest absolute Gasteiger partial charge is 0.255 e. The molecular weight excluding hydrogens is 199 g/mol. The summed E-state index contributed by atoms with van der Waals surface area (Å²) in [4.78, 5) is 11.4. The van der Waals surface area contributed by atoms with Gasteiger partial charge in [-0.15, -0.1) is 11.8 Å². The molecule has 1 nitrogen and oxygen atoms in total. The molecule has 0 aliphatic heterocycles. The van der Waals surface area contributed by atoms with Crippen molar-refractivity contribution in [3.63, 3.8) is 0 Å². The van der Waals surface area contributed by atoms with Gasteiger partial charge in [-0.1, -0.05) is 0 Å². The van der Waals surface area contributed by atoms with Crippen LogP contribution in [0.4, 0.5) is 4.39 Å². The summed E-state index contributed by atoms with van der Waals surface area (Å²) in [5.74, 6) is -0.568. The first kappa shape index (κ1) is 9.55. The van der Waals surface area contributed by atoms with Crippen LogP contribution in [0.15, 0.2) is 23.1 Å². The summed E-state index contributed by atoms with van der Waals surface area (Å²) >= 11 is 6.53. The fourth-order valence-electron chi connectivity index (χ4n) is 0.782. The van der Waals surface area contributed by atoms with Crippen molar-refractivity contribution < 1.29 is 9.18 Å². The lowest BCUT2D eigenvalue weighted by molar-refractivity contribution is 0.107. The van der Waals surface area contributed by atoms with Gasteiger partial charge in [-0.25, -0.2) is 4.39 Å². The maximum Gasteiger partial charge on any atom is 0.255 e.